The van der Waals surface area contributed by atoms with E-state index in [4.69, 9.17) is 0 Å². The van der Waals surface area contributed by atoms with Gasteiger partial charge in [0.15, 0.2) is 24.8 Å². The Hall–Kier alpha value is -3.14. The van der Waals surface area contributed by atoms with Crippen molar-refractivity contribution in [1.29, 1.82) is 0 Å². The molecule has 3 atom stereocenters. The first-order valence-corrected chi connectivity index (χ1v) is 16.3. The lowest BCUT2D eigenvalue weighted by Crippen LogP contribution is -2.52. The van der Waals surface area contributed by atoms with Crippen molar-refractivity contribution in [3.63, 3.8) is 0 Å². The Bertz CT molecular complexity index is 1540. The van der Waals surface area contributed by atoms with E-state index in [0.29, 0.717) is 19.3 Å². The summed E-state index contributed by atoms with van der Waals surface area (Å²) in [5, 5.41) is -5.52. The molecule has 220 valence electrons. The zero-order valence-corrected chi connectivity index (χ0v) is 24.2. The predicted molar refractivity (Wildman–Crippen MR) is 155 cm³/mol. The Balaban J connectivity index is 0.000000181. The van der Waals surface area contributed by atoms with Crippen LogP contribution in [-0.2, 0) is 21.0 Å². The lowest BCUT2D eigenvalue weighted by atomic mass is 9.84. The van der Waals surface area contributed by atoms with Crippen molar-refractivity contribution in [3.05, 3.63) is 115 Å². The monoisotopic (exact) mass is 614 g/mol. The van der Waals surface area contributed by atoms with Gasteiger partial charge < -0.3 is 4.55 Å². The van der Waals surface area contributed by atoms with E-state index in [-0.39, 0.29) is 23.2 Å². The summed E-state index contributed by atoms with van der Waals surface area (Å²) < 4.78 is 84.0. The van der Waals surface area contributed by atoms with Crippen molar-refractivity contribution in [1.82, 2.24) is 0 Å². The molecule has 0 spiro atoms. The van der Waals surface area contributed by atoms with Crippen LogP contribution in [0.3, 0.4) is 0 Å². The second kappa shape index (κ2) is 12.2. The SMILES string of the molecule is O=S(=O)([O-])C(F)(F)C(F)(F)C1CC2CCC1C2.c1ccc(-c2ccccc2[S+](c2ccccc2)c2ccccc2)cc1. The van der Waals surface area contributed by atoms with E-state index in [1.54, 1.807) is 0 Å². The Morgan fingerprint density at radius 3 is 1.64 bits per heavy atom. The Labute approximate surface area is 246 Å². The van der Waals surface area contributed by atoms with Gasteiger partial charge in [-0.1, -0.05) is 85.3 Å². The van der Waals surface area contributed by atoms with Gasteiger partial charge in [-0.2, -0.15) is 17.6 Å². The fraction of sp³-hybridized carbons (Fsp3) is 0.273. The largest absolute Gasteiger partial charge is 0.743 e. The van der Waals surface area contributed by atoms with Gasteiger partial charge in [-0.3, -0.25) is 0 Å². The minimum atomic E-state index is -6.35. The highest BCUT2D eigenvalue weighted by molar-refractivity contribution is 7.97. The first-order valence-electron chi connectivity index (χ1n) is 13.7. The Morgan fingerprint density at radius 2 is 1.17 bits per heavy atom. The average Bonchev–Trinajstić information content (AvgIpc) is 3.64. The normalized spacial score (nSPS) is 20.3. The smallest absolute Gasteiger partial charge is 0.396 e. The van der Waals surface area contributed by atoms with Crippen molar-refractivity contribution in [3.8, 4) is 11.1 Å². The molecule has 0 heterocycles. The molecule has 2 bridgehead atoms. The highest BCUT2D eigenvalue weighted by Gasteiger charge is 2.68. The first kappa shape index (κ1) is 30.3. The lowest BCUT2D eigenvalue weighted by Gasteiger charge is -2.36. The van der Waals surface area contributed by atoms with Crippen LogP contribution in [-0.4, -0.2) is 24.1 Å². The molecule has 0 N–H and O–H groups in total. The zero-order valence-electron chi connectivity index (χ0n) is 22.6. The molecule has 2 saturated carbocycles. The molecule has 0 saturated heterocycles. The van der Waals surface area contributed by atoms with Crippen LogP contribution < -0.4 is 0 Å². The van der Waals surface area contributed by atoms with Gasteiger partial charge in [0.1, 0.15) is 0 Å². The molecule has 2 aliphatic rings. The van der Waals surface area contributed by atoms with Gasteiger partial charge in [0.2, 0.25) is 0 Å². The summed E-state index contributed by atoms with van der Waals surface area (Å²) in [5.74, 6) is -7.10. The highest BCUT2D eigenvalue weighted by Crippen LogP contribution is 2.58. The third kappa shape index (κ3) is 6.00. The van der Waals surface area contributed by atoms with E-state index in [1.165, 1.54) is 25.8 Å². The van der Waals surface area contributed by atoms with Crippen molar-refractivity contribution in [2.45, 2.75) is 51.5 Å². The number of hydrogen-bond donors (Lipinski definition) is 0. The first-order chi connectivity index (χ1) is 20.0. The van der Waals surface area contributed by atoms with Crippen LogP contribution in [0.4, 0.5) is 17.6 Å². The van der Waals surface area contributed by atoms with Gasteiger partial charge in [-0.05, 0) is 73.1 Å². The number of halogens is 4. The maximum Gasteiger partial charge on any atom is 0.396 e. The molecule has 9 heteroatoms. The van der Waals surface area contributed by atoms with E-state index in [9.17, 15) is 30.5 Å². The summed E-state index contributed by atoms with van der Waals surface area (Å²) in [6, 6.07) is 41.1. The average molecular weight is 615 g/mol. The molecule has 42 heavy (non-hydrogen) atoms. The summed E-state index contributed by atoms with van der Waals surface area (Å²) in [6.07, 6.45) is 1.42. The van der Waals surface area contributed by atoms with Gasteiger partial charge in [-0.25, -0.2) is 8.42 Å². The fourth-order valence-corrected chi connectivity index (χ4v) is 8.82. The van der Waals surface area contributed by atoms with E-state index in [1.807, 2.05) is 0 Å². The van der Waals surface area contributed by atoms with Gasteiger partial charge in [0.05, 0.1) is 10.9 Å². The minimum Gasteiger partial charge on any atom is -0.743 e. The van der Waals surface area contributed by atoms with Crippen LogP contribution in [0.15, 0.2) is 130 Å². The zero-order chi connectivity index (χ0) is 30.0. The third-order valence-electron chi connectivity index (χ3n) is 8.06. The van der Waals surface area contributed by atoms with Crippen LogP contribution >= 0.6 is 0 Å². The molecule has 0 aliphatic heterocycles. The van der Waals surface area contributed by atoms with E-state index in [2.05, 4.69) is 115 Å². The predicted octanol–water partition coefficient (Wildman–Crippen LogP) is 8.64. The van der Waals surface area contributed by atoms with Gasteiger partial charge in [-0.15, -0.1) is 0 Å². The van der Waals surface area contributed by atoms with Crippen LogP contribution in [0.1, 0.15) is 25.7 Å². The van der Waals surface area contributed by atoms with Gasteiger partial charge in [0, 0.05) is 11.5 Å². The molecule has 6 rings (SSSR count). The topological polar surface area (TPSA) is 57.2 Å². The molecular weight excluding hydrogens is 584 g/mol. The Morgan fingerprint density at radius 1 is 0.667 bits per heavy atom. The summed E-state index contributed by atoms with van der Waals surface area (Å²) in [4.78, 5) is 4.06. The Kier molecular flexibility index (Phi) is 8.83. The van der Waals surface area contributed by atoms with Crippen LogP contribution in [0.5, 0.6) is 0 Å². The standard InChI is InChI=1S/C24H19S.C9H12F4O3S/c1-4-12-20(13-5-1)23-18-10-11-19-24(23)25(21-14-6-2-7-15-21)22-16-8-3-9-17-22;10-8(11,9(12,13)17(14,15)16)7-4-5-1-2-6(7)3-5/h1-19H;5-7H,1-4H2,(H,14,15,16)/q+1;/p-1. The van der Waals surface area contributed by atoms with Crippen LogP contribution in [0, 0.1) is 17.8 Å². The summed E-state index contributed by atoms with van der Waals surface area (Å²) >= 11 is 0. The number of alkyl halides is 4. The number of benzene rings is 4. The molecule has 2 fully saturated rings. The van der Waals surface area contributed by atoms with Crippen molar-refractivity contribution < 1.29 is 30.5 Å². The highest BCUT2D eigenvalue weighted by atomic mass is 32.2. The van der Waals surface area contributed by atoms with E-state index in [0.717, 1.165) is 0 Å². The molecule has 2 aliphatic carbocycles. The minimum absolute atomic E-state index is 0.0407. The maximum absolute atomic E-state index is 13.5. The van der Waals surface area contributed by atoms with Crippen LogP contribution in [0.2, 0.25) is 0 Å². The number of hydrogen-bond acceptors (Lipinski definition) is 3. The lowest BCUT2D eigenvalue weighted by molar-refractivity contribution is -0.202. The third-order valence-corrected chi connectivity index (χ3v) is 11.2. The number of rotatable bonds is 7. The maximum atomic E-state index is 13.5. The molecule has 3 unspecified atom stereocenters. The molecule has 3 nitrogen and oxygen atoms in total. The summed E-state index contributed by atoms with van der Waals surface area (Å²) in [7, 11) is -6.47. The molecule has 0 aromatic heterocycles. The molecule has 0 amide bonds. The van der Waals surface area contributed by atoms with Gasteiger partial charge in [0.25, 0.3) is 0 Å². The van der Waals surface area contributed by atoms with Gasteiger partial charge >= 0.3 is 11.2 Å². The van der Waals surface area contributed by atoms with Crippen molar-refractivity contribution >= 4 is 21.0 Å². The van der Waals surface area contributed by atoms with E-state index < -0.39 is 33.1 Å². The summed E-state index contributed by atoms with van der Waals surface area (Å²) in [6.45, 7) is 0. The van der Waals surface area contributed by atoms with E-state index >= 15 is 0 Å². The van der Waals surface area contributed by atoms with Crippen molar-refractivity contribution in [2.75, 3.05) is 0 Å². The molecular formula is C33H30F4O3S2. The molecule has 4 aromatic rings. The fourth-order valence-electron chi connectivity index (χ4n) is 6.08. The summed E-state index contributed by atoms with van der Waals surface area (Å²) in [5.41, 5.74) is 2.57. The molecule has 4 aromatic carbocycles. The number of fused-ring (bicyclic) bond motifs is 2. The molecule has 0 radical (unpaired) electrons. The second-order valence-corrected chi connectivity index (χ2v) is 14.1. The van der Waals surface area contributed by atoms with Crippen LogP contribution in [0.25, 0.3) is 11.1 Å². The quantitative estimate of drug-likeness (QED) is 0.119. The van der Waals surface area contributed by atoms with Crippen molar-refractivity contribution in [2.24, 2.45) is 17.8 Å². The second-order valence-electron chi connectivity index (χ2n) is 10.7.